The van der Waals surface area contributed by atoms with E-state index in [0.29, 0.717) is 11.6 Å². The van der Waals surface area contributed by atoms with Crippen molar-refractivity contribution in [3.05, 3.63) is 24.0 Å². The molecule has 5 heteroatoms. The first-order valence-electron chi connectivity index (χ1n) is 7.64. The zero-order valence-electron chi connectivity index (χ0n) is 12.4. The van der Waals surface area contributed by atoms with E-state index in [1.807, 2.05) is 6.07 Å². The lowest BCUT2D eigenvalue weighted by Gasteiger charge is -2.48. The van der Waals surface area contributed by atoms with Gasteiger partial charge in [-0.3, -0.25) is 0 Å². The van der Waals surface area contributed by atoms with Gasteiger partial charge in [-0.2, -0.15) is 0 Å². The van der Waals surface area contributed by atoms with Gasteiger partial charge in [-0.25, -0.2) is 9.78 Å². The fourth-order valence-corrected chi connectivity index (χ4v) is 3.64. The summed E-state index contributed by atoms with van der Waals surface area (Å²) in [6.07, 6.45) is 6.79. The quantitative estimate of drug-likeness (QED) is 0.844. The highest BCUT2D eigenvalue weighted by molar-refractivity contribution is 5.88. The number of methoxy groups -OCH3 is 1. The molecule has 2 fully saturated rings. The van der Waals surface area contributed by atoms with Crippen LogP contribution in [0.5, 0.6) is 0 Å². The summed E-state index contributed by atoms with van der Waals surface area (Å²) in [7, 11) is 1.36. The largest absolute Gasteiger partial charge is 0.464 e. The fourth-order valence-electron chi connectivity index (χ4n) is 3.64. The monoisotopic (exact) mass is 290 g/mol. The molecule has 5 nitrogen and oxygen atoms in total. The predicted molar refractivity (Wildman–Crippen MR) is 79.3 cm³/mol. The molecule has 1 aromatic rings. The number of pyridine rings is 1. The van der Waals surface area contributed by atoms with Crippen LogP contribution in [-0.2, 0) is 4.74 Å². The van der Waals surface area contributed by atoms with Crippen molar-refractivity contribution in [1.82, 2.24) is 4.98 Å². The molecule has 1 aliphatic heterocycles. The van der Waals surface area contributed by atoms with Crippen LogP contribution in [0.25, 0.3) is 0 Å². The Hall–Kier alpha value is -1.62. The molecule has 0 bridgehead atoms. The Labute approximate surface area is 124 Å². The first-order chi connectivity index (χ1) is 10.1. The van der Waals surface area contributed by atoms with E-state index in [-0.39, 0.29) is 0 Å². The van der Waals surface area contributed by atoms with Crippen LogP contribution in [0.4, 0.5) is 5.69 Å². The number of fused-ring (bicyclic) bond motifs is 1. The third-order valence-electron chi connectivity index (χ3n) is 4.93. The number of hydrogen-bond donors (Lipinski definition) is 1. The maximum atomic E-state index is 11.6. The Morgan fingerprint density at radius 1 is 1.48 bits per heavy atom. The topological polar surface area (TPSA) is 62.7 Å². The number of hydrogen-bond acceptors (Lipinski definition) is 5. The number of carbonyl (C=O) groups excluding carboxylic acids is 1. The third kappa shape index (κ3) is 2.75. The number of carbonyl (C=O) groups is 1. The van der Waals surface area contributed by atoms with Crippen LogP contribution >= 0.6 is 0 Å². The summed E-state index contributed by atoms with van der Waals surface area (Å²) < 4.78 is 4.72. The molecule has 1 aromatic heterocycles. The number of piperidine rings is 1. The van der Waals surface area contributed by atoms with Gasteiger partial charge >= 0.3 is 5.97 Å². The second kappa shape index (κ2) is 5.64. The van der Waals surface area contributed by atoms with Gasteiger partial charge in [0, 0.05) is 30.9 Å². The Morgan fingerprint density at radius 3 is 3.14 bits per heavy atom. The van der Waals surface area contributed by atoms with Gasteiger partial charge in [0.2, 0.25) is 0 Å². The van der Waals surface area contributed by atoms with Crippen LogP contribution in [-0.4, -0.2) is 41.9 Å². The van der Waals surface area contributed by atoms with Crippen molar-refractivity contribution >= 4 is 11.7 Å². The Balaban J connectivity index is 1.77. The van der Waals surface area contributed by atoms with Gasteiger partial charge in [0.25, 0.3) is 0 Å². The number of ether oxygens (including phenoxy) is 1. The summed E-state index contributed by atoms with van der Waals surface area (Å²) in [5, 5.41) is 10.7. The number of aromatic nitrogens is 1. The molecular weight excluding hydrogens is 268 g/mol. The predicted octanol–water partition coefficient (Wildman–Crippen LogP) is 2.00. The highest BCUT2D eigenvalue weighted by Crippen LogP contribution is 2.40. The summed E-state index contributed by atoms with van der Waals surface area (Å²) >= 11 is 0. The number of rotatable bonds is 2. The van der Waals surface area contributed by atoms with Crippen molar-refractivity contribution in [2.24, 2.45) is 5.92 Å². The Morgan fingerprint density at radius 2 is 2.33 bits per heavy atom. The average Bonchev–Trinajstić information content (AvgIpc) is 2.53. The lowest BCUT2D eigenvalue weighted by atomic mass is 9.71. The highest BCUT2D eigenvalue weighted by atomic mass is 16.5. The number of esters is 1. The van der Waals surface area contributed by atoms with Crippen LogP contribution in [0.2, 0.25) is 0 Å². The van der Waals surface area contributed by atoms with Gasteiger partial charge in [-0.15, -0.1) is 0 Å². The third-order valence-corrected chi connectivity index (χ3v) is 4.93. The van der Waals surface area contributed by atoms with Crippen molar-refractivity contribution in [2.45, 2.75) is 37.7 Å². The molecule has 2 unspecified atom stereocenters. The standard InChI is InChI=1S/C16H22N2O3/c1-21-15(19)14-10-13(5-8-17-14)18-9-7-16(20)6-3-2-4-12(16)11-18/h5,8,10,12,20H,2-4,6-7,9,11H2,1H3. The molecule has 21 heavy (non-hydrogen) atoms. The normalized spacial score (nSPS) is 28.9. The smallest absolute Gasteiger partial charge is 0.356 e. The van der Waals surface area contributed by atoms with Gasteiger partial charge in [0.15, 0.2) is 0 Å². The van der Waals surface area contributed by atoms with Crippen molar-refractivity contribution in [2.75, 3.05) is 25.1 Å². The molecule has 3 rings (SSSR count). The van der Waals surface area contributed by atoms with Crippen molar-refractivity contribution in [3.63, 3.8) is 0 Å². The molecule has 0 amide bonds. The fraction of sp³-hybridized carbons (Fsp3) is 0.625. The molecule has 1 aliphatic carbocycles. The Kier molecular flexibility index (Phi) is 3.85. The zero-order valence-corrected chi connectivity index (χ0v) is 12.4. The van der Waals surface area contributed by atoms with E-state index >= 15 is 0 Å². The van der Waals surface area contributed by atoms with Crippen molar-refractivity contribution in [1.29, 1.82) is 0 Å². The summed E-state index contributed by atoms with van der Waals surface area (Å²) in [6, 6.07) is 3.69. The van der Waals surface area contributed by atoms with Crippen LogP contribution in [0, 0.1) is 5.92 Å². The molecule has 1 N–H and O–H groups in total. The molecule has 0 radical (unpaired) electrons. The highest BCUT2D eigenvalue weighted by Gasteiger charge is 2.42. The van der Waals surface area contributed by atoms with Gasteiger partial charge in [-0.1, -0.05) is 12.8 Å². The van der Waals surface area contributed by atoms with Gasteiger partial charge < -0.3 is 14.7 Å². The molecular formula is C16H22N2O3. The SMILES string of the molecule is COC(=O)c1cc(N2CCC3(O)CCCCC3C2)ccn1. The van der Waals surface area contributed by atoms with Crippen LogP contribution in [0.3, 0.4) is 0 Å². The van der Waals surface area contributed by atoms with E-state index in [4.69, 9.17) is 4.74 Å². The maximum absolute atomic E-state index is 11.6. The molecule has 0 spiro atoms. The molecule has 2 heterocycles. The first-order valence-corrected chi connectivity index (χ1v) is 7.64. The van der Waals surface area contributed by atoms with Gasteiger partial charge in [0.1, 0.15) is 5.69 Å². The Bertz CT molecular complexity index is 534. The van der Waals surface area contributed by atoms with Crippen LogP contribution in [0.1, 0.15) is 42.6 Å². The lowest BCUT2D eigenvalue weighted by Crippen LogP contribution is -2.53. The number of anilines is 1. The molecule has 2 atom stereocenters. The van der Waals surface area contributed by atoms with E-state index in [9.17, 15) is 9.90 Å². The second-order valence-corrected chi connectivity index (χ2v) is 6.13. The molecule has 2 aliphatic rings. The molecule has 1 saturated heterocycles. The maximum Gasteiger partial charge on any atom is 0.356 e. The summed E-state index contributed by atoms with van der Waals surface area (Å²) in [4.78, 5) is 17.9. The minimum absolute atomic E-state index is 0.328. The van der Waals surface area contributed by atoms with E-state index < -0.39 is 11.6 Å². The minimum atomic E-state index is -0.479. The molecule has 0 aromatic carbocycles. The van der Waals surface area contributed by atoms with Gasteiger partial charge in [0.05, 0.1) is 12.7 Å². The lowest BCUT2D eigenvalue weighted by molar-refractivity contribution is -0.0612. The zero-order chi connectivity index (χ0) is 14.9. The van der Waals surface area contributed by atoms with E-state index in [1.54, 1.807) is 12.3 Å². The van der Waals surface area contributed by atoms with E-state index in [2.05, 4.69) is 9.88 Å². The minimum Gasteiger partial charge on any atom is -0.464 e. The van der Waals surface area contributed by atoms with Gasteiger partial charge in [-0.05, 0) is 31.4 Å². The molecule has 1 saturated carbocycles. The average molecular weight is 290 g/mol. The summed E-state index contributed by atoms with van der Waals surface area (Å²) in [5.41, 5.74) is 0.838. The van der Waals surface area contributed by atoms with Crippen LogP contribution < -0.4 is 4.90 Å². The first kappa shape index (κ1) is 14.3. The summed E-state index contributed by atoms with van der Waals surface area (Å²) in [5.74, 6) is -0.0854. The second-order valence-electron chi connectivity index (χ2n) is 6.13. The van der Waals surface area contributed by atoms with Crippen molar-refractivity contribution < 1.29 is 14.6 Å². The van der Waals surface area contributed by atoms with E-state index in [1.165, 1.54) is 13.5 Å². The van der Waals surface area contributed by atoms with Crippen LogP contribution in [0.15, 0.2) is 18.3 Å². The summed E-state index contributed by atoms with van der Waals surface area (Å²) in [6.45, 7) is 1.67. The van der Waals surface area contributed by atoms with Crippen molar-refractivity contribution in [3.8, 4) is 0 Å². The molecule has 114 valence electrons. The number of aliphatic hydroxyl groups is 1. The number of nitrogens with zero attached hydrogens (tertiary/aromatic N) is 2. The van der Waals surface area contributed by atoms with E-state index in [0.717, 1.165) is 44.5 Å².